The number of hydrogen-bond donors (Lipinski definition) is 1. The molecule has 0 radical (unpaired) electrons. The second-order valence-corrected chi connectivity index (χ2v) is 4.04. The van der Waals surface area contributed by atoms with E-state index in [4.69, 9.17) is 9.15 Å². The normalized spacial score (nSPS) is 10.5. The number of nitrogens with zero attached hydrogens (tertiary/aromatic N) is 2. The molecule has 1 aromatic carbocycles. The Bertz CT molecular complexity index is 609. The number of para-hydroxylation sites is 1. The average Bonchev–Trinajstić information content (AvgIpc) is 2.92. The van der Waals surface area contributed by atoms with Crippen LogP contribution in [0.1, 0.15) is 12.6 Å². The van der Waals surface area contributed by atoms with Crippen LogP contribution in [0.4, 0.5) is 5.69 Å². The molecule has 0 aliphatic carbocycles. The Kier molecular flexibility index (Phi) is 4.31. The molecule has 7 nitrogen and oxygen atoms in total. The summed E-state index contributed by atoms with van der Waals surface area (Å²) in [5.41, 5.74) is 1.08. The van der Waals surface area contributed by atoms with Crippen LogP contribution in [-0.4, -0.2) is 23.6 Å². The van der Waals surface area contributed by atoms with Gasteiger partial charge in [-0.2, -0.15) is 0 Å². The van der Waals surface area contributed by atoms with Crippen molar-refractivity contribution in [3.05, 3.63) is 40.3 Å². The van der Waals surface area contributed by atoms with E-state index < -0.39 is 4.92 Å². The summed E-state index contributed by atoms with van der Waals surface area (Å²) in [5, 5.41) is 14.1. The highest BCUT2D eigenvalue weighted by atomic mass is 16.6. The lowest BCUT2D eigenvalue weighted by atomic mass is 10.1. The lowest BCUT2D eigenvalue weighted by molar-refractivity contribution is -0.385. The number of oxazole rings is 1. The predicted molar refractivity (Wildman–Crippen MR) is 72.5 cm³/mol. The molecule has 0 fully saturated rings. The van der Waals surface area contributed by atoms with Crippen LogP contribution in [0.3, 0.4) is 0 Å². The monoisotopic (exact) mass is 277 g/mol. The van der Waals surface area contributed by atoms with E-state index in [1.165, 1.54) is 19.4 Å². The lowest BCUT2D eigenvalue weighted by Gasteiger charge is -2.05. The molecule has 0 unspecified atom stereocenters. The van der Waals surface area contributed by atoms with Crippen LogP contribution in [0.15, 0.2) is 28.9 Å². The van der Waals surface area contributed by atoms with Crippen LogP contribution in [0.25, 0.3) is 11.5 Å². The van der Waals surface area contributed by atoms with Gasteiger partial charge in [-0.25, -0.2) is 4.98 Å². The van der Waals surface area contributed by atoms with Crippen molar-refractivity contribution in [3.8, 4) is 17.2 Å². The highest BCUT2D eigenvalue weighted by molar-refractivity contribution is 5.70. The van der Waals surface area contributed by atoms with Gasteiger partial charge in [0.25, 0.3) is 0 Å². The quantitative estimate of drug-likeness (QED) is 0.644. The van der Waals surface area contributed by atoms with Gasteiger partial charge in [0.05, 0.1) is 23.3 Å². The molecule has 1 aromatic heterocycles. The first-order valence-electron chi connectivity index (χ1n) is 6.14. The van der Waals surface area contributed by atoms with Gasteiger partial charge in [-0.05, 0) is 12.6 Å². The fourth-order valence-corrected chi connectivity index (χ4v) is 1.82. The largest absolute Gasteiger partial charge is 0.490 e. The minimum absolute atomic E-state index is 0.114. The minimum Gasteiger partial charge on any atom is -0.490 e. The maximum atomic E-state index is 11.0. The first kappa shape index (κ1) is 14.0. The van der Waals surface area contributed by atoms with Gasteiger partial charge in [-0.15, -0.1) is 0 Å². The number of nitro benzene ring substituents is 1. The zero-order valence-corrected chi connectivity index (χ0v) is 11.3. The number of nitro groups is 1. The van der Waals surface area contributed by atoms with Crippen molar-refractivity contribution in [2.75, 3.05) is 13.7 Å². The van der Waals surface area contributed by atoms with Crippen LogP contribution in [-0.2, 0) is 6.54 Å². The second-order valence-electron chi connectivity index (χ2n) is 4.04. The van der Waals surface area contributed by atoms with Gasteiger partial charge in [0.15, 0.2) is 0 Å². The molecule has 0 spiro atoms. The summed E-state index contributed by atoms with van der Waals surface area (Å²) in [5.74, 6) is 0.452. The van der Waals surface area contributed by atoms with Gasteiger partial charge >= 0.3 is 5.69 Å². The fraction of sp³-hybridized carbons (Fsp3) is 0.308. The van der Waals surface area contributed by atoms with Gasteiger partial charge in [0.1, 0.15) is 6.26 Å². The molecule has 0 aliphatic rings. The molecule has 1 heterocycles. The van der Waals surface area contributed by atoms with Gasteiger partial charge in [0, 0.05) is 12.6 Å². The Balaban J connectivity index is 2.39. The third-order valence-corrected chi connectivity index (χ3v) is 2.73. The first-order chi connectivity index (χ1) is 9.67. The third kappa shape index (κ3) is 2.77. The molecule has 20 heavy (non-hydrogen) atoms. The molecule has 0 amide bonds. The van der Waals surface area contributed by atoms with Gasteiger partial charge in [-0.3, -0.25) is 10.1 Å². The molecule has 0 saturated heterocycles. The van der Waals surface area contributed by atoms with Gasteiger partial charge in [0.2, 0.25) is 11.6 Å². The molecular weight excluding hydrogens is 262 g/mol. The van der Waals surface area contributed by atoms with Crippen molar-refractivity contribution in [1.82, 2.24) is 10.3 Å². The molecule has 0 aliphatic heterocycles. The highest BCUT2D eigenvalue weighted by Crippen LogP contribution is 2.36. The van der Waals surface area contributed by atoms with Crippen molar-refractivity contribution in [2.24, 2.45) is 0 Å². The van der Waals surface area contributed by atoms with E-state index in [1.807, 2.05) is 6.92 Å². The minimum atomic E-state index is -0.495. The smallest absolute Gasteiger partial charge is 0.311 e. The first-order valence-corrected chi connectivity index (χ1v) is 6.14. The van der Waals surface area contributed by atoms with E-state index in [9.17, 15) is 10.1 Å². The summed E-state index contributed by atoms with van der Waals surface area (Å²) in [6.07, 6.45) is 1.52. The topological polar surface area (TPSA) is 90.4 Å². The van der Waals surface area contributed by atoms with Crippen LogP contribution in [0.5, 0.6) is 5.75 Å². The van der Waals surface area contributed by atoms with Crippen molar-refractivity contribution in [1.29, 1.82) is 0 Å². The zero-order chi connectivity index (χ0) is 14.5. The number of hydrogen-bond acceptors (Lipinski definition) is 6. The van der Waals surface area contributed by atoms with Crippen LogP contribution in [0, 0.1) is 10.1 Å². The Morgan fingerprint density at radius 2 is 2.30 bits per heavy atom. The summed E-state index contributed by atoms with van der Waals surface area (Å²) in [6, 6.07) is 4.63. The molecular formula is C13H15N3O4. The van der Waals surface area contributed by atoms with Gasteiger partial charge in [-0.1, -0.05) is 13.0 Å². The Labute approximate surface area is 115 Å². The number of methoxy groups -OCH3 is 1. The molecule has 2 rings (SSSR count). The summed E-state index contributed by atoms with van der Waals surface area (Å²) in [6.45, 7) is 3.39. The molecule has 0 atom stereocenters. The summed E-state index contributed by atoms with van der Waals surface area (Å²) in [4.78, 5) is 14.8. The van der Waals surface area contributed by atoms with E-state index in [-0.39, 0.29) is 11.4 Å². The molecule has 0 bridgehead atoms. The van der Waals surface area contributed by atoms with Crippen LogP contribution < -0.4 is 10.1 Å². The maximum Gasteiger partial charge on any atom is 0.311 e. The molecule has 106 valence electrons. The second kappa shape index (κ2) is 6.16. The van der Waals surface area contributed by atoms with E-state index in [0.29, 0.717) is 18.0 Å². The Morgan fingerprint density at radius 1 is 1.50 bits per heavy atom. The standard InChI is InChI=1S/C13H15N3O4/c1-3-14-7-9-8-20-13(15-9)10-5-4-6-11(16(17)18)12(10)19-2/h4-6,8,14H,3,7H2,1-2H3. The van der Waals surface area contributed by atoms with E-state index >= 15 is 0 Å². The lowest BCUT2D eigenvalue weighted by Crippen LogP contribution is -2.11. The predicted octanol–water partition coefficient (Wildman–Crippen LogP) is 2.37. The SMILES string of the molecule is CCNCc1coc(-c2cccc([N+](=O)[O-])c2OC)n1. The summed E-state index contributed by atoms with van der Waals surface area (Å²) < 4.78 is 10.5. The van der Waals surface area contributed by atoms with Crippen molar-refractivity contribution in [2.45, 2.75) is 13.5 Å². The van der Waals surface area contributed by atoms with Crippen LogP contribution in [0.2, 0.25) is 0 Å². The number of nitrogens with one attached hydrogen (secondary N) is 1. The summed E-state index contributed by atoms with van der Waals surface area (Å²) >= 11 is 0. The molecule has 7 heteroatoms. The maximum absolute atomic E-state index is 11.0. The van der Waals surface area contributed by atoms with Crippen molar-refractivity contribution < 1.29 is 14.1 Å². The van der Waals surface area contributed by atoms with E-state index in [1.54, 1.807) is 12.1 Å². The fourth-order valence-electron chi connectivity index (χ4n) is 1.82. The zero-order valence-electron chi connectivity index (χ0n) is 11.3. The highest BCUT2D eigenvalue weighted by Gasteiger charge is 2.21. The van der Waals surface area contributed by atoms with Crippen molar-refractivity contribution >= 4 is 5.69 Å². The molecule has 0 saturated carbocycles. The molecule has 2 aromatic rings. The average molecular weight is 277 g/mol. The number of benzene rings is 1. The van der Waals surface area contributed by atoms with E-state index in [0.717, 1.165) is 12.2 Å². The number of ether oxygens (including phenoxy) is 1. The number of aromatic nitrogens is 1. The van der Waals surface area contributed by atoms with Crippen LogP contribution >= 0.6 is 0 Å². The Morgan fingerprint density at radius 3 is 2.95 bits per heavy atom. The number of rotatable bonds is 6. The van der Waals surface area contributed by atoms with Crippen molar-refractivity contribution in [3.63, 3.8) is 0 Å². The third-order valence-electron chi connectivity index (χ3n) is 2.73. The molecule has 1 N–H and O–H groups in total. The summed E-state index contributed by atoms with van der Waals surface area (Å²) in [7, 11) is 1.38. The van der Waals surface area contributed by atoms with E-state index in [2.05, 4.69) is 10.3 Å². The Hall–Kier alpha value is -2.41. The van der Waals surface area contributed by atoms with Gasteiger partial charge < -0.3 is 14.5 Å².